The molecule has 1 aromatic rings. The second kappa shape index (κ2) is 11.6. The van der Waals surface area contributed by atoms with Gasteiger partial charge in [0.15, 0.2) is 11.5 Å². The molecule has 29 heavy (non-hydrogen) atoms. The van der Waals surface area contributed by atoms with Gasteiger partial charge in [-0.15, -0.1) is 0 Å². The summed E-state index contributed by atoms with van der Waals surface area (Å²) in [4.78, 5) is 19.4. The summed E-state index contributed by atoms with van der Waals surface area (Å²) >= 11 is 0. The maximum absolute atomic E-state index is 12.6. The van der Waals surface area contributed by atoms with E-state index in [9.17, 15) is 4.79 Å². The Bertz CT molecular complexity index is 691. The van der Waals surface area contributed by atoms with Crippen molar-refractivity contribution < 1.29 is 28.5 Å². The van der Waals surface area contributed by atoms with Crippen molar-refractivity contribution in [2.75, 3.05) is 66.0 Å². The van der Waals surface area contributed by atoms with Crippen LogP contribution >= 0.6 is 0 Å². The lowest BCUT2D eigenvalue weighted by atomic mass is 10.2. The monoisotopic (exact) mass is 407 g/mol. The van der Waals surface area contributed by atoms with Gasteiger partial charge < -0.3 is 23.7 Å². The van der Waals surface area contributed by atoms with Crippen molar-refractivity contribution in [3.8, 4) is 11.5 Å². The van der Waals surface area contributed by atoms with Crippen LogP contribution in [0.15, 0.2) is 23.2 Å². The largest absolute Gasteiger partial charge is 0.463 e. The summed E-state index contributed by atoms with van der Waals surface area (Å²) in [5.74, 6) is 0.872. The van der Waals surface area contributed by atoms with E-state index in [-0.39, 0.29) is 18.7 Å². The number of amidine groups is 1. The predicted molar refractivity (Wildman–Crippen MR) is 107 cm³/mol. The highest BCUT2D eigenvalue weighted by atomic mass is 16.7. The third-order valence-electron chi connectivity index (χ3n) is 4.52. The van der Waals surface area contributed by atoms with E-state index in [2.05, 4.69) is 15.2 Å². The Hall–Kier alpha value is -2.36. The quantitative estimate of drug-likeness (QED) is 0.375. The molecule has 2 aliphatic heterocycles. The fourth-order valence-electron chi connectivity index (χ4n) is 2.97. The van der Waals surface area contributed by atoms with E-state index < -0.39 is 0 Å². The minimum absolute atomic E-state index is 0.163. The zero-order valence-electron chi connectivity index (χ0n) is 16.9. The van der Waals surface area contributed by atoms with E-state index in [0.29, 0.717) is 43.4 Å². The SMILES string of the molecule is CCOCCOC(=NCCCN1CCOCC1)NC(=O)c1ccc2c(c1)OCO2. The van der Waals surface area contributed by atoms with Crippen molar-refractivity contribution >= 4 is 11.9 Å². The molecule has 9 heteroatoms. The Kier molecular flexibility index (Phi) is 8.54. The molecule has 0 aliphatic carbocycles. The molecule has 0 aromatic heterocycles. The molecule has 0 radical (unpaired) electrons. The van der Waals surface area contributed by atoms with Crippen molar-refractivity contribution in [3.63, 3.8) is 0 Å². The van der Waals surface area contributed by atoms with Gasteiger partial charge in [-0.2, -0.15) is 0 Å². The number of nitrogens with zero attached hydrogens (tertiary/aromatic N) is 2. The topological polar surface area (TPSA) is 90.9 Å². The lowest BCUT2D eigenvalue weighted by Gasteiger charge is -2.26. The summed E-state index contributed by atoms with van der Waals surface area (Å²) in [7, 11) is 0. The second-order valence-electron chi connectivity index (χ2n) is 6.56. The first-order chi connectivity index (χ1) is 14.3. The zero-order chi connectivity index (χ0) is 20.3. The Morgan fingerprint density at radius 1 is 1.21 bits per heavy atom. The van der Waals surface area contributed by atoms with E-state index in [0.717, 1.165) is 39.3 Å². The van der Waals surface area contributed by atoms with Gasteiger partial charge in [-0.1, -0.05) is 0 Å². The third kappa shape index (κ3) is 6.88. The van der Waals surface area contributed by atoms with E-state index in [1.165, 1.54) is 0 Å². The first-order valence-corrected chi connectivity index (χ1v) is 10.0. The number of fused-ring (bicyclic) bond motifs is 1. The maximum Gasteiger partial charge on any atom is 0.291 e. The number of benzene rings is 1. The van der Waals surface area contributed by atoms with Crippen molar-refractivity contribution in [1.29, 1.82) is 0 Å². The van der Waals surface area contributed by atoms with E-state index in [1.54, 1.807) is 18.2 Å². The van der Waals surface area contributed by atoms with Crippen LogP contribution in [0, 0.1) is 0 Å². The lowest BCUT2D eigenvalue weighted by molar-refractivity contribution is 0.0377. The predicted octanol–water partition coefficient (Wildman–Crippen LogP) is 1.28. The van der Waals surface area contributed by atoms with Gasteiger partial charge in [-0.3, -0.25) is 15.0 Å². The summed E-state index contributed by atoms with van der Waals surface area (Å²) in [6.07, 6.45) is 0.873. The van der Waals surface area contributed by atoms with Gasteiger partial charge in [0, 0.05) is 38.3 Å². The molecular formula is C20H29N3O6. The summed E-state index contributed by atoms with van der Waals surface area (Å²) in [5.41, 5.74) is 0.448. The summed E-state index contributed by atoms with van der Waals surface area (Å²) in [6, 6.07) is 5.24. The molecule has 1 amide bonds. The van der Waals surface area contributed by atoms with Gasteiger partial charge in [0.1, 0.15) is 6.61 Å². The normalized spacial score (nSPS) is 16.7. The fourth-order valence-corrected chi connectivity index (χ4v) is 2.97. The highest BCUT2D eigenvalue weighted by molar-refractivity contribution is 6.04. The van der Waals surface area contributed by atoms with Crippen LogP contribution in [-0.4, -0.2) is 82.8 Å². The second-order valence-corrected chi connectivity index (χ2v) is 6.56. The van der Waals surface area contributed by atoms with Crippen LogP contribution in [0.4, 0.5) is 0 Å². The number of carbonyl (C=O) groups excluding carboxylic acids is 1. The van der Waals surface area contributed by atoms with Gasteiger partial charge in [-0.25, -0.2) is 4.99 Å². The number of rotatable bonds is 9. The van der Waals surface area contributed by atoms with Crippen molar-refractivity contribution in [3.05, 3.63) is 23.8 Å². The summed E-state index contributed by atoms with van der Waals surface area (Å²) < 4.78 is 26.9. The van der Waals surface area contributed by atoms with Crippen molar-refractivity contribution in [1.82, 2.24) is 10.2 Å². The van der Waals surface area contributed by atoms with E-state index in [4.69, 9.17) is 23.7 Å². The van der Waals surface area contributed by atoms with Crippen LogP contribution in [0.1, 0.15) is 23.7 Å². The highest BCUT2D eigenvalue weighted by Gasteiger charge is 2.17. The molecule has 1 fully saturated rings. The molecule has 2 aliphatic rings. The fraction of sp³-hybridized carbons (Fsp3) is 0.600. The highest BCUT2D eigenvalue weighted by Crippen LogP contribution is 2.32. The standard InChI is InChI=1S/C20H29N3O6/c1-2-25-12-13-27-20(21-6-3-7-23-8-10-26-11-9-23)22-19(24)16-4-5-17-18(14-16)29-15-28-17/h4-5,14H,2-3,6-13,15H2,1H3,(H,21,22,24). The molecule has 0 bridgehead atoms. The summed E-state index contributed by atoms with van der Waals surface area (Å²) in [6.45, 7) is 8.39. The van der Waals surface area contributed by atoms with Crippen LogP contribution in [0.25, 0.3) is 0 Å². The smallest absolute Gasteiger partial charge is 0.291 e. The van der Waals surface area contributed by atoms with E-state index >= 15 is 0 Å². The number of hydrogen-bond donors (Lipinski definition) is 1. The van der Waals surface area contributed by atoms with Crippen molar-refractivity contribution in [2.45, 2.75) is 13.3 Å². The maximum atomic E-state index is 12.6. The third-order valence-corrected chi connectivity index (χ3v) is 4.52. The Labute approximate surface area is 170 Å². The van der Waals surface area contributed by atoms with Crippen LogP contribution < -0.4 is 14.8 Å². The number of morpholine rings is 1. The number of carbonyl (C=O) groups is 1. The number of hydrogen-bond acceptors (Lipinski definition) is 8. The van der Waals surface area contributed by atoms with Crippen LogP contribution in [0.2, 0.25) is 0 Å². The molecular weight excluding hydrogens is 378 g/mol. The van der Waals surface area contributed by atoms with Crippen LogP contribution in [-0.2, 0) is 14.2 Å². The number of ether oxygens (including phenoxy) is 5. The Morgan fingerprint density at radius 3 is 2.86 bits per heavy atom. The van der Waals surface area contributed by atoms with Gasteiger partial charge >= 0.3 is 0 Å². The van der Waals surface area contributed by atoms with Gasteiger partial charge in [-0.05, 0) is 31.5 Å². The first-order valence-electron chi connectivity index (χ1n) is 10.0. The zero-order valence-corrected chi connectivity index (χ0v) is 16.9. The van der Waals surface area contributed by atoms with E-state index in [1.807, 2.05) is 6.92 Å². The van der Waals surface area contributed by atoms with Crippen molar-refractivity contribution in [2.24, 2.45) is 4.99 Å². The molecule has 0 unspecified atom stereocenters. The molecule has 1 saturated heterocycles. The Morgan fingerprint density at radius 2 is 2.03 bits per heavy atom. The minimum atomic E-state index is -0.313. The average molecular weight is 407 g/mol. The Balaban J connectivity index is 1.52. The van der Waals surface area contributed by atoms with Gasteiger partial charge in [0.25, 0.3) is 11.9 Å². The average Bonchev–Trinajstić information content (AvgIpc) is 3.22. The molecule has 1 aromatic carbocycles. The van der Waals surface area contributed by atoms with Gasteiger partial charge in [0.05, 0.1) is 19.8 Å². The van der Waals surface area contributed by atoms with Crippen LogP contribution in [0.3, 0.4) is 0 Å². The van der Waals surface area contributed by atoms with Gasteiger partial charge in [0.2, 0.25) is 6.79 Å². The molecule has 9 nitrogen and oxygen atoms in total. The lowest BCUT2D eigenvalue weighted by Crippen LogP contribution is -2.37. The molecule has 0 saturated carbocycles. The first kappa shape index (κ1) is 21.4. The molecule has 1 N–H and O–H groups in total. The molecule has 2 heterocycles. The molecule has 3 rings (SSSR count). The molecule has 0 atom stereocenters. The molecule has 160 valence electrons. The van der Waals surface area contributed by atoms with Crippen LogP contribution in [0.5, 0.6) is 11.5 Å². The molecule has 0 spiro atoms. The number of amides is 1. The number of aliphatic imine (C=N–C) groups is 1. The minimum Gasteiger partial charge on any atom is -0.463 e. The summed E-state index contributed by atoms with van der Waals surface area (Å²) in [5, 5.41) is 2.74. The number of nitrogens with one attached hydrogen (secondary N) is 1.